The van der Waals surface area contributed by atoms with E-state index < -0.39 is 0 Å². The summed E-state index contributed by atoms with van der Waals surface area (Å²) in [5, 5.41) is 14.0. The van der Waals surface area contributed by atoms with Crippen LogP contribution in [0, 0.1) is 0 Å². The van der Waals surface area contributed by atoms with E-state index in [0.29, 0.717) is 16.7 Å². The Kier molecular flexibility index (Phi) is 1.76. The van der Waals surface area contributed by atoms with Gasteiger partial charge in [0.15, 0.2) is 0 Å². The van der Waals surface area contributed by atoms with Crippen LogP contribution in [0.1, 0.15) is 0 Å². The fourth-order valence-electron chi connectivity index (χ4n) is 1.49. The van der Waals surface area contributed by atoms with Gasteiger partial charge in [-0.25, -0.2) is 4.98 Å². The first kappa shape index (κ1) is 8.72. The minimum absolute atomic E-state index is 0.185. The van der Waals surface area contributed by atoms with E-state index in [1.54, 1.807) is 18.2 Å². The van der Waals surface area contributed by atoms with E-state index in [9.17, 15) is 4.79 Å². The molecule has 2 heterocycles. The van der Waals surface area contributed by atoms with Crippen LogP contribution in [0.4, 0.5) is 0 Å². The van der Waals surface area contributed by atoms with E-state index in [4.69, 9.17) is 0 Å². The van der Waals surface area contributed by atoms with Crippen LogP contribution in [0.15, 0.2) is 29.3 Å². The van der Waals surface area contributed by atoms with Crippen molar-refractivity contribution in [3.05, 3.63) is 34.9 Å². The molecule has 0 amide bonds. The molecular weight excluding hydrogens is 208 g/mol. The molecule has 2 N–H and O–H groups in total. The molecule has 3 aromatic rings. The van der Waals surface area contributed by atoms with Crippen LogP contribution in [0.3, 0.4) is 0 Å². The molecular formula is C9H6N6O. The van der Waals surface area contributed by atoms with Crippen molar-refractivity contribution in [2.45, 2.75) is 0 Å². The van der Waals surface area contributed by atoms with Gasteiger partial charge in [0.2, 0.25) is 5.82 Å². The normalized spacial score (nSPS) is 10.8. The van der Waals surface area contributed by atoms with E-state index in [0.717, 1.165) is 5.56 Å². The summed E-state index contributed by atoms with van der Waals surface area (Å²) in [5.74, 6) is 0.449. The molecule has 0 saturated carbocycles. The first-order chi connectivity index (χ1) is 7.84. The molecule has 0 bridgehead atoms. The maximum absolute atomic E-state index is 11.5. The lowest BCUT2D eigenvalue weighted by Gasteiger charge is -1.97. The summed E-state index contributed by atoms with van der Waals surface area (Å²) in [6.45, 7) is 0. The van der Waals surface area contributed by atoms with Gasteiger partial charge in [-0.1, -0.05) is 0 Å². The van der Waals surface area contributed by atoms with Crippen LogP contribution in [0.25, 0.3) is 22.3 Å². The Morgan fingerprint density at radius 3 is 3.00 bits per heavy atom. The summed E-state index contributed by atoms with van der Waals surface area (Å²) in [6, 6.07) is 5.22. The molecule has 3 rings (SSSR count). The Bertz CT molecular complexity index is 687. The Morgan fingerprint density at radius 2 is 2.19 bits per heavy atom. The molecule has 0 unspecified atom stereocenters. The number of H-pyrrole nitrogens is 2. The number of hydrogen-bond donors (Lipinski definition) is 2. The molecule has 0 aliphatic rings. The average molecular weight is 214 g/mol. The van der Waals surface area contributed by atoms with Crippen LogP contribution in [0.2, 0.25) is 0 Å². The maximum atomic E-state index is 11.5. The largest absolute Gasteiger partial charge is 0.313 e. The highest BCUT2D eigenvalue weighted by molar-refractivity contribution is 5.82. The molecule has 0 aliphatic heterocycles. The predicted octanol–water partition coefficient (Wildman–Crippen LogP) is 0.103. The second-order valence-electron chi connectivity index (χ2n) is 3.20. The molecule has 7 heteroatoms. The van der Waals surface area contributed by atoms with Crippen molar-refractivity contribution in [2.75, 3.05) is 0 Å². The van der Waals surface area contributed by atoms with Crippen molar-refractivity contribution in [3.63, 3.8) is 0 Å². The number of nitrogens with zero attached hydrogens (tertiary/aromatic N) is 4. The fraction of sp³-hybridized carbons (Fsp3) is 0. The van der Waals surface area contributed by atoms with E-state index in [1.165, 1.54) is 6.33 Å². The summed E-state index contributed by atoms with van der Waals surface area (Å²) < 4.78 is 0. The zero-order chi connectivity index (χ0) is 11.0. The van der Waals surface area contributed by atoms with Crippen molar-refractivity contribution < 1.29 is 0 Å². The third kappa shape index (κ3) is 1.26. The van der Waals surface area contributed by atoms with Gasteiger partial charge in [0.05, 0.1) is 17.2 Å². The van der Waals surface area contributed by atoms with Crippen molar-refractivity contribution >= 4 is 10.9 Å². The van der Waals surface area contributed by atoms with Gasteiger partial charge >= 0.3 is 0 Å². The second kappa shape index (κ2) is 3.23. The lowest BCUT2D eigenvalue weighted by atomic mass is 10.1. The summed E-state index contributed by atoms with van der Waals surface area (Å²) >= 11 is 0. The number of benzene rings is 1. The van der Waals surface area contributed by atoms with Crippen molar-refractivity contribution in [2.24, 2.45) is 0 Å². The predicted molar refractivity (Wildman–Crippen MR) is 55.5 cm³/mol. The molecule has 0 fully saturated rings. The van der Waals surface area contributed by atoms with Crippen LogP contribution >= 0.6 is 0 Å². The van der Waals surface area contributed by atoms with Crippen LogP contribution in [-0.4, -0.2) is 30.6 Å². The monoisotopic (exact) mass is 214 g/mol. The van der Waals surface area contributed by atoms with Gasteiger partial charge in [-0.2, -0.15) is 5.21 Å². The van der Waals surface area contributed by atoms with E-state index >= 15 is 0 Å². The standard InChI is InChI=1S/C9H6N6O/c16-9-6-3-5(8-12-14-15-13-8)1-2-7(6)10-4-11-9/h1-4H,(H,10,11,16)(H,12,13,14,15). The first-order valence-corrected chi connectivity index (χ1v) is 4.56. The zero-order valence-electron chi connectivity index (χ0n) is 8.01. The third-order valence-corrected chi connectivity index (χ3v) is 2.24. The molecule has 78 valence electrons. The first-order valence-electron chi connectivity index (χ1n) is 4.56. The van der Waals surface area contributed by atoms with Crippen LogP contribution in [0.5, 0.6) is 0 Å². The third-order valence-electron chi connectivity index (χ3n) is 2.24. The van der Waals surface area contributed by atoms with Gasteiger partial charge in [-0.3, -0.25) is 4.79 Å². The highest BCUT2D eigenvalue weighted by Gasteiger charge is 2.05. The quantitative estimate of drug-likeness (QED) is 0.598. The van der Waals surface area contributed by atoms with Gasteiger partial charge in [0.1, 0.15) is 0 Å². The average Bonchev–Trinajstić information content (AvgIpc) is 2.83. The number of hydrogen-bond acceptors (Lipinski definition) is 5. The Morgan fingerprint density at radius 1 is 1.25 bits per heavy atom. The van der Waals surface area contributed by atoms with Crippen molar-refractivity contribution in [3.8, 4) is 11.4 Å². The SMILES string of the molecule is O=c1[nH]cnc2ccc(-c3nn[nH]n3)cc12. The number of aromatic nitrogens is 6. The Labute approximate surface area is 88.5 Å². The van der Waals surface area contributed by atoms with Crippen LogP contribution in [-0.2, 0) is 0 Å². The highest BCUT2D eigenvalue weighted by Crippen LogP contribution is 2.16. The van der Waals surface area contributed by atoms with E-state index in [-0.39, 0.29) is 5.56 Å². The highest BCUT2D eigenvalue weighted by atomic mass is 16.1. The summed E-state index contributed by atoms with van der Waals surface area (Å²) in [7, 11) is 0. The van der Waals surface area contributed by atoms with Gasteiger partial charge in [-0.15, -0.1) is 10.2 Å². The summed E-state index contributed by atoms with van der Waals surface area (Å²) in [5.41, 5.74) is 1.17. The number of nitrogens with one attached hydrogen (secondary N) is 2. The Hall–Kier alpha value is -2.57. The molecule has 0 spiro atoms. The number of aromatic amines is 2. The summed E-state index contributed by atoms with van der Waals surface area (Å²) in [4.78, 5) is 18.1. The topological polar surface area (TPSA) is 100 Å². The van der Waals surface area contributed by atoms with Gasteiger partial charge in [0, 0.05) is 5.56 Å². The molecule has 16 heavy (non-hydrogen) atoms. The number of rotatable bonds is 1. The zero-order valence-corrected chi connectivity index (χ0v) is 8.01. The minimum Gasteiger partial charge on any atom is -0.313 e. The molecule has 1 aromatic carbocycles. The molecule has 0 atom stereocenters. The lowest BCUT2D eigenvalue weighted by Crippen LogP contribution is -2.06. The maximum Gasteiger partial charge on any atom is 0.258 e. The Balaban J connectivity index is 2.31. The number of fused-ring (bicyclic) bond motifs is 1. The molecule has 0 saturated heterocycles. The molecule has 0 aliphatic carbocycles. The van der Waals surface area contributed by atoms with E-state index in [2.05, 4.69) is 30.6 Å². The molecule has 2 aromatic heterocycles. The van der Waals surface area contributed by atoms with Crippen LogP contribution < -0.4 is 5.56 Å². The van der Waals surface area contributed by atoms with Crippen molar-refractivity contribution in [1.82, 2.24) is 30.6 Å². The van der Waals surface area contributed by atoms with Gasteiger partial charge in [0.25, 0.3) is 5.56 Å². The fourth-order valence-corrected chi connectivity index (χ4v) is 1.49. The minimum atomic E-state index is -0.185. The lowest BCUT2D eigenvalue weighted by molar-refractivity contribution is 0.881. The summed E-state index contributed by atoms with van der Waals surface area (Å²) in [6.07, 6.45) is 1.37. The molecule has 7 nitrogen and oxygen atoms in total. The van der Waals surface area contributed by atoms with Crippen molar-refractivity contribution in [1.29, 1.82) is 0 Å². The van der Waals surface area contributed by atoms with Gasteiger partial charge in [-0.05, 0) is 23.4 Å². The smallest absolute Gasteiger partial charge is 0.258 e. The molecule has 0 radical (unpaired) electrons. The van der Waals surface area contributed by atoms with Gasteiger partial charge < -0.3 is 4.98 Å². The van der Waals surface area contributed by atoms with E-state index in [1.807, 2.05) is 0 Å². The second-order valence-corrected chi connectivity index (χ2v) is 3.20. The number of tetrazole rings is 1.